The Labute approximate surface area is 118 Å². The van der Waals surface area contributed by atoms with Crippen molar-refractivity contribution in [3.8, 4) is 11.4 Å². The maximum absolute atomic E-state index is 10.2. The number of nitrogens with zero attached hydrogens (tertiary/aromatic N) is 3. The van der Waals surface area contributed by atoms with Crippen molar-refractivity contribution in [2.45, 2.75) is 45.1 Å². The average molecular weight is 273 g/mol. The summed E-state index contributed by atoms with van der Waals surface area (Å²) in [6.07, 6.45) is 8.20. The fourth-order valence-electron chi connectivity index (χ4n) is 2.86. The molecule has 1 unspecified atom stereocenters. The van der Waals surface area contributed by atoms with Gasteiger partial charge < -0.3 is 9.63 Å². The van der Waals surface area contributed by atoms with E-state index in [0.717, 1.165) is 24.0 Å². The van der Waals surface area contributed by atoms with Crippen molar-refractivity contribution >= 4 is 0 Å². The molecule has 1 aliphatic rings. The van der Waals surface area contributed by atoms with Gasteiger partial charge >= 0.3 is 0 Å². The van der Waals surface area contributed by atoms with Gasteiger partial charge in [0.15, 0.2) is 0 Å². The van der Waals surface area contributed by atoms with Gasteiger partial charge in [0.05, 0.1) is 12.5 Å². The van der Waals surface area contributed by atoms with E-state index in [1.165, 1.54) is 12.8 Å². The zero-order valence-corrected chi connectivity index (χ0v) is 11.6. The number of hydrogen-bond donors (Lipinski definition) is 1. The molecule has 2 heterocycles. The highest BCUT2D eigenvalue weighted by Gasteiger charge is 2.25. The standard InChI is InChI=1S/C15H19N3O2/c1-10-9-16-7-6-12(10)15-17-14(20-18-15)8-13(19)11-4-2-3-5-11/h6-7,9,11,13,19H,2-5,8H2,1H3. The Morgan fingerprint density at radius 2 is 2.20 bits per heavy atom. The summed E-state index contributed by atoms with van der Waals surface area (Å²) in [5, 5.41) is 14.2. The Hall–Kier alpha value is -1.75. The molecule has 0 aromatic carbocycles. The van der Waals surface area contributed by atoms with Crippen LogP contribution < -0.4 is 0 Å². The molecule has 2 aromatic heterocycles. The lowest BCUT2D eigenvalue weighted by molar-refractivity contribution is 0.102. The van der Waals surface area contributed by atoms with E-state index < -0.39 is 0 Å². The van der Waals surface area contributed by atoms with Gasteiger partial charge in [-0.05, 0) is 37.3 Å². The van der Waals surface area contributed by atoms with Crippen LogP contribution in [0.15, 0.2) is 23.0 Å². The van der Waals surface area contributed by atoms with Gasteiger partial charge in [-0.3, -0.25) is 4.98 Å². The van der Waals surface area contributed by atoms with Crippen LogP contribution in [0.2, 0.25) is 0 Å². The minimum Gasteiger partial charge on any atom is -0.392 e. The fourth-order valence-corrected chi connectivity index (χ4v) is 2.86. The van der Waals surface area contributed by atoms with Crippen LogP contribution in [0.4, 0.5) is 0 Å². The lowest BCUT2D eigenvalue weighted by atomic mass is 9.98. The van der Waals surface area contributed by atoms with E-state index in [4.69, 9.17) is 4.52 Å². The third-order valence-electron chi connectivity index (χ3n) is 4.06. The van der Waals surface area contributed by atoms with Crippen molar-refractivity contribution in [3.05, 3.63) is 29.9 Å². The molecule has 0 bridgehead atoms. The normalized spacial score (nSPS) is 17.5. The summed E-state index contributed by atoms with van der Waals surface area (Å²) in [6, 6.07) is 1.87. The number of aryl methyl sites for hydroxylation is 1. The van der Waals surface area contributed by atoms with Crippen LogP contribution in [0, 0.1) is 12.8 Å². The quantitative estimate of drug-likeness (QED) is 0.926. The highest BCUT2D eigenvalue weighted by molar-refractivity contribution is 5.57. The first-order valence-electron chi connectivity index (χ1n) is 7.15. The van der Waals surface area contributed by atoms with Crippen LogP contribution in [0.25, 0.3) is 11.4 Å². The summed E-state index contributed by atoms with van der Waals surface area (Å²) in [5.74, 6) is 1.46. The van der Waals surface area contributed by atoms with Gasteiger partial charge in [-0.15, -0.1) is 0 Å². The molecule has 0 saturated heterocycles. The molecular formula is C15H19N3O2. The third kappa shape index (κ3) is 2.72. The van der Waals surface area contributed by atoms with Gasteiger partial charge in [-0.1, -0.05) is 18.0 Å². The predicted molar refractivity (Wildman–Crippen MR) is 73.9 cm³/mol. The fraction of sp³-hybridized carbons (Fsp3) is 0.533. The van der Waals surface area contributed by atoms with Gasteiger partial charge in [0.1, 0.15) is 0 Å². The Morgan fingerprint density at radius 3 is 2.95 bits per heavy atom. The van der Waals surface area contributed by atoms with Gasteiger partial charge in [0.2, 0.25) is 11.7 Å². The molecule has 1 N–H and O–H groups in total. The lowest BCUT2D eigenvalue weighted by Crippen LogP contribution is -2.20. The van der Waals surface area contributed by atoms with Crippen LogP contribution in [0.1, 0.15) is 37.1 Å². The van der Waals surface area contributed by atoms with Gasteiger partial charge in [-0.25, -0.2) is 0 Å². The van der Waals surface area contributed by atoms with Crippen molar-refractivity contribution in [1.82, 2.24) is 15.1 Å². The lowest BCUT2D eigenvalue weighted by Gasteiger charge is -2.14. The topological polar surface area (TPSA) is 72.0 Å². The number of rotatable bonds is 4. The molecular weight excluding hydrogens is 254 g/mol. The van der Waals surface area contributed by atoms with E-state index in [2.05, 4.69) is 15.1 Å². The second-order valence-corrected chi connectivity index (χ2v) is 5.52. The Bertz CT molecular complexity index is 576. The molecule has 1 atom stereocenters. The van der Waals surface area contributed by atoms with Crippen LogP contribution in [-0.2, 0) is 6.42 Å². The van der Waals surface area contributed by atoms with Crippen LogP contribution in [0.5, 0.6) is 0 Å². The molecule has 0 aliphatic heterocycles. The zero-order valence-electron chi connectivity index (χ0n) is 11.6. The van der Waals surface area contributed by atoms with E-state index in [-0.39, 0.29) is 6.10 Å². The van der Waals surface area contributed by atoms with Crippen molar-refractivity contribution in [1.29, 1.82) is 0 Å². The first kappa shape index (κ1) is 13.2. The summed E-state index contributed by atoms with van der Waals surface area (Å²) in [5.41, 5.74) is 1.93. The number of hydrogen-bond acceptors (Lipinski definition) is 5. The summed E-state index contributed by atoms with van der Waals surface area (Å²) in [6.45, 7) is 1.96. The van der Waals surface area contributed by atoms with E-state index in [1.807, 2.05) is 13.0 Å². The van der Waals surface area contributed by atoms with E-state index in [9.17, 15) is 5.11 Å². The Kier molecular flexibility index (Phi) is 3.78. The monoisotopic (exact) mass is 273 g/mol. The van der Waals surface area contributed by atoms with Crippen molar-refractivity contribution < 1.29 is 9.63 Å². The first-order chi connectivity index (χ1) is 9.74. The summed E-state index contributed by atoms with van der Waals surface area (Å²) in [7, 11) is 0. The second kappa shape index (κ2) is 5.71. The summed E-state index contributed by atoms with van der Waals surface area (Å²) < 4.78 is 5.26. The average Bonchev–Trinajstić information content (AvgIpc) is 3.10. The molecule has 1 fully saturated rings. The second-order valence-electron chi connectivity index (χ2n) is 5.52. The third-order valence-corrected chi connectivity index (χ3v) is 4.06. The van der Waals surface area contributed by atoms with Crippen LogP contribution in [-0.4, -0.2) is 26.3 Å². The van der Waals surface area contributed by atoms with Crippen molar-refractivity contribution in [2.75, 3.05) is 0 Å². The highest BCUT2D eigenvalue weighted by atomic mass is 16.5. The molecule has 1 saturated carbocycles. The Morgan fingerprint density at radius 1 is 1.40 bits per heavy atom. The molecule has 106 valence electrons. The minimum absolute atomic E-state index is 0.371. The van der Waals surface area contributed by atoms with E-state index in [0.29, 0.717) is 24.1 Å². The molecule has 0 amide bonds. The van der Waals surface area contributed by atoms with Gasteiger partial charge in [0, 0.05) is 18.0 Å². The molecule has 5 heteroatoms. The summed E-state index contributed by atoms with van der Waals surface area (Å²) in [4.78, 5) is 8.44. The maximum atomic E-state index is 10.2. The maximum Gasteiger partial charge on any atom is 0.229 e. The Balaban J connectivity index is 1.72. The van der Waals surface area contributed by atoms with E-state index in [1.54, 1.807) is 12.4 Å². The van der Waals surface area contributed by atoms with Gasteiger partial charge in [0.25, 0.3) is 0 Å². The number of aliphatic hydroxyl groups excluding tert-OH is 1. The summed E-state index contributed by atoms with van der Waals surface area (Å²) >= 11 is 0. The minimum atomic E-state index is -0.371. The molecule has 0 radical (unpaired) electrons. The SMILES string of the molecule is Cc1cnccc1-c1noc(CC(O)C2CCCC2)n1. The number of pyridine rings is 1. The highest BCUT2D eigenvalue weighted by Crippen LogP contribution is 2.29. The predicted octanol–water partition coefficient (Wildman–Crippen LogP) is 2.53. The smallest absolute Gasteiger partial charge is 0.229 e. The molecule has 0 spiro atoms. The molecule has 3 rings (SSSR count). The largest absolute Gasteiger partial charge is 0.392 e. The van der Waals surface area contributed by atoms with Crippen molar-refractivity contribution in [2.24, 2.45) is 5.92 Å². The van der Waals surface area contributed by atoms with E-state index >= 15 is 0 Å². The van der Waals surface area contributed by atoms with Crippen molar-refractivity contribution in [3.63, 3.8) is 0 Å². The van der Waals surface area contributed by atoms with Crippen LogP contribution in [0.3, 0.4) is 0 Å². The first-order valence-corrected chi connectivity index (χ1v) is 7.15. The zero-order chi connectivity index (χ0) is 13.9. The molecule has 5 nitrogen and oxygen atoms in total. The molecule has 1 aliphatic carbocycles. The number of aliphatic hydroxyl groups is 1. The van der Waals surface area contributed by atoms with Gasteiger partial charge in [-0.2, -0.15) is 4.98 Å². The molecule has 20 heavy (non-hydrogen) atoms. The number of aromatic nitrogens is 3. The van der Waals surface area contributed by atoms with Crippen LogP contribution >= 0.6 is 0 Å². The molecule has 2 aromatic rings.